The lowest BCUT2D eigenvalue weighted by Gasteiger charge is -2.23. The Morgan fingerprint density at radius 3 is 2.91 bits per heavy atom. The highest BCUT2D eigenvalue weighted by molar-refractivity contribution is 5.73. The summed E-state index contributed by atoms with van der Waals surface area (Å²) in [6.07, 6.45) is 0.408. The van der Waals surface area contributed by atoms with Crippen LogP contribution in [0.15, 0.2) is 42.5 Å². The number of carboxylic acid groups (broad SMARTS) is 1. The number of hydrogen-bond donors (Lipinski definition) is 1. The zero-order valence-corrected chi connectivity index (χ0v) is 12.8. The molecule has 2 aromatic rings. The van der Waals surface area contributed by atoms with E-state index in [1.54, 1.807) is 13.2 Å². The number of carbonyl (C=O) groups is 1. The molecule has 0 spiro atoms. The minimum absolute atomic E-state index is 0.401. The first-order chi connectivity index (χ1) is 11.2. The van der Waals surface area contributed by atoms with Crippen LogP contribution in [-0.4, -0.2) is 24.3 Å². The fourth-order valence-electron chi connectivity index (χ4n) is 2.54. The maximum atomic E-state index is 11.1. The second kappa shape index (κ2) is 6.60. The van der Waals surface area contributed by atoms with Gasteiger partial charge in [-0.05, 0) is 42.2 Å². The molecule has 0 amide bonds. The summed E-state index contributed by atoms with van der Waals surface area (Å²) in [6, 6.07) is 13.2. The highest BCUT2D eigenvalue weighted by atomic mass is 16.5. The number of methoxy groups -OCH3 is 1. The van der Waals surface area contributed by atoms with Crippen LogP contribution in [0.3, 0.4) is 0 Å². The zero-order chi connectivity index (χ0) is 16.2. The van der Waals surface area contributed by atoms with Gasteiger partial charge < -0.3 is 19.3 Å². The van der Waals surface area contributed by atoms with Crippen molar-refractivity contribution in [3.63, 3.8) is 0 Å². The van der Waals surface area contributed by atoms with E-state index in [4.69, 9.17) is 19.3 Å². The van der Waals surface area contributed by atoms with E-state index in [-0.39, 0.29) is 0 Å². The molecule has 0 aromatic heterocycles. The Hall–Kier alpha value is -2.69. The lowest BCUT2D eigenvalue weighted by Crippen LogP contribution is -2.30. The van der Waals surface area contributed by atoms with Gasteiger partial charge in [0.1, 0.15) is 23.9 Å². The van der Waals surface area contributed by atoms with E-state index in [9.17, 15) is 4.79 Å². The second-order valence-electron chi connectivity index (χ2n) is 5.39. The van der Waals surface area contributed by atoms with Gasteiger partial charge in [0.05, 0.1) is 7.11 Å². The highest BCUT2D eigenvalue weighted by Crippen LogP contribution is 2.31. The summed E-state index contributed by atoms with van der Waals surface area (Å²) in [5, 5.41) is 9.07. The van der Waals surface area contributed by atoms with Crippen LogP contribution in [-0.2, 0) is 17.8 Å². The molecule has 0 fully saturated rings. The summed E-state index contributed by atoms with van der Waals surface area (Å²) < 4.78 is 16.5. The van der Waals surface area contributed by atoms with Crippen molar-refractivity contribution in [2.45, 2.75) is 25.6 Å². The molecular weight excluding hydrogens is 296 g/mol. The van der Waals surface area contributed by atoms with Crippen molar-refractivity contribution >= 4 is 5.97 Å². The minimum atomic E-state index is -0.932. The van der Waals surface area contributed by atoms with Crippen LogP contribution in [0, 0.1) is 0 Å². The van der Waals surface area contributed by atoms with Gasteiger partial charge in [-0.1, -0.05) is 18.2 Å². The molecule has 5 nitrogen and oxygen atoms in total. The number of benzene rings is 2. The van der Waals surface area contributed by atoms with Gasteiger partial charge in [0.25, 0.3) is 0 Å². The molecule has 1 N–H and O–H groups in total. The maximum absolute atomic E-state index is 11.1. The molecule has 1 aliphatic heterocycles. The van der Waals surface area contributed by atoms with Gasteiger partial charge in [0.2, 0.25) is 0 Å². The van der Waals surface area contributed by atoms with Gasteiger partial charge in [-0.2, -0.15) is 0 Å². The summed E-state index contributed by atoms with van der Waals surface area (Å²) in [5.41, 5.74) is 2.00. The number of aliphatic carboxylic acids is 1. The SMILES string of the molecule is COc1cccc(COc2ccc3c(c2)OC(C(=O)O)CC3)c1. The van der Waals surface area contributed by atoms with Crippen LogP contribution < -0.4 is 14.2 Å². The van der Waals surface area contributed by atoms with Crippen LogP contribution in [0.1, 0.15) is 17.5 Å². The summed E-state index contributed by atoms with van der Waals surface area (Å²) >= 11 is 0. The van der Waals surface area contributed by atoms with Crippen LogP contribution in [0.5, 0.6) is 17.2 Å². The number of ether oxygens (including phenoxy) is 3. The Morgan fingerprint density at radius 1 is 1.26 bits per heavy atom. The third kappa shape index (κ3) is 3.56. The van der Waals surface area contributed by atoms with Crippen molar-refractivity contribution in [3.05, 3.63) is 53.6 Å². The summed E-state index contributed by atoms with van der Waals surface area (Å²) in [6.45, 7) is 0.401. The first-order valence-corrected chi connectivity index (χ1v) is 7.44. The van der Waals surface area contributed by atoms with Crippen molar-refractivity contribution in [2.24, 2.45) is 0 Å². The smallest absolute Gasteiger partial charge is 0.344 e. The summed E-state index contributed by atoms with van der Waals surface area (Å²) in [5.74, 6) is 1.09. The van der Waals surface area contributed by atoms with Crippen molar-refractivity contribution in [1.29, 1.82) is 0 Å². The Balaban J connectivity index is 1.69. The highest BCUT2D eigenvalue weighted by Gasteiger charge is 2.25. The molecular formula is C18H18O5. The Kier molecular flexibility index (Phi) is 4.37. The lowest BCUT2D eigenvalue weighted by molar-refractivity contribution is -0.145. The molecule has 0 radical (unpaired) electrons. The molecule has 1 heterocycles. The average Bonchev–Trinajstić information content (AvgIpc) is 2.59. The summed E-state index contributed by atoms with van der Waals surface area (Å²) in [4.78, 5) is 11.1. The topological polar surface area (TPSA) is 65.0 Å². The van der Waals surface area contributed by atoms with Crippen molar-refractivity contribution in [2.75, 3.05) is 7.11 Å². The number of carboxylic acids is 1. The molecule has 0 aliphatic carbocycles. The van der Waals surface area contributed by atoms with E-state index < -0.39 is 12.1 Å². The van der Waals surface area contributed by atoms with Gasteiger partial charge in [0, 0.05) is 6.07 Å². The molecule has 120 valence electrons. The standard InChI is InChI=1S/C18H18O5/c1-21-14-4-2-3-12(9-14)11-22-15-7-5-13-6-8-16(18(19)20)23-17(13)10-15/h2-5,7,9-10,16H,6,8,11H2,1H3,(H,19,20). The first kappa shape index (κ1) is 15.2. The van der Waals surface area contributed by atoms with Crippen LogP contribution in [0.25, 0.3) is 0 Å². The molecule has 23 heavy (non-hydrogen) atoms. The third-order valence-corrected chi connectivity index (χ3v) is 3.80. The van der Waals surface area contributed by atoms with E-state index in [0.717, 1.165) is 16.9 Å². The van der Waals surface area contributed by atoms with E-state index in [0.29, 0.717) is 30.9 Å². The second-order valence-corrected chi connectivity index (χ2v) is 5.39. The fraction of sp³-hybridized carbons (Fsp3) is 0.278. The average molecular weight is 314 g/mol. The molecule has 2 aromatic carbocycles. The number of hydrogen-bond acceptors (Lipinski definition) is 4. The van der Waals surface area contributed by atoms with Crippen molar-refractivity contribution < 1.29 is 24.1 Å². The first-order valence-electron chi connectivity index (χ1n) is 7.44. The molecule has 3 rings (SSSR count). The molecule has 1 unspecified atom stereocenters. The summed E-state index contributed by atoms with van der Waals surface area (Å²) in [7, 11) is 1.62. The van der Waals surface area contributed by atoms with E-state index >= 15 is 0 Å². The lowest BCUT2D eigenvalue weighted by atomic mass is 10.0. The number of fused-ring (bicyclic) bond motifs is 1. The van der Waals surface area contributed by atoms with E-state index in [1.807, 2.05) is 36.4 Å². The predicted molar refractivity (Wildman–Crippen MR) is 84.1 cm³/mol. The number of rotatable bonds is 5. The molecule has 1 aliphatic rings. The Labute approximate surface area is 134 Å². The van der Waals surface area contributed by atoms with E-state index in [1.165, 1.54) is 0 Å². The monoisotopic (exact) mass is 314 g/mol. The van der Waals surface area contributed by atoms with Gasteiger partial charge in [0.15, 0.2) is 6.10 Å². The molecule has 0 bridgehead atoms. The van der Waals surface area contributed by atoms with Crippen LogP contribution >= 0.6 is 0 Å². The molecule has 0 saturated heterocycles. The maximum Gasteiger partial charge on any atom is 0.344 e. The minimum Gasteiger partial charge on any atom is -0.497 e. The molecule has 5 heteroatoms. The third-order valence-electron chi connectivity index (χ3n) is 3.80. The van der Waals surface area contributed by atoms with Crippen molar-refractivity contribution in [3.8, 4) is 17.2 Å². The number of aryl methyl sites for hydroxylation is 1. The van der Waals surface area contributed by atoms with E-state index in [2.05, 4.69) is 0 Å². The normalized spacial score (nSPS) is 16.1. The van der Waals surface area contributed by atoms with Gasteiger partial charge >= 0.3 is 5.97 Å². The predicted octanol–water partition coefficient (Wildman–Crippen LogP) is 3.05. The van der Waals surface area contributed by atoms with Gasteiger partial charge in [-0.3, -0.25) is 0 Å². The van der Waals surface area contributed by atoms with Crippen LogP contribution in [0.2, 0.25) is 0 Å². The van der Waals surface area contributed by atoms with Crippen molar-refractivity contribution in [1.82, 2.24) is 0 Å². The Morgan fingerprint density at radius 2 is 2.13 bits per heavy atom. The zero-order valence-electron chi connectivity index (χ0n) is 12.8. The van der Waals surface area contributed by atoms with Gasteiger partial charge in [-0.15, -0.1) is 0 Å². The fourth-order valence-corrected chi connectivity index (χ4v) is 2.54. The van der Waals surface area contributed by atoms with Gasteiger partial charge in [-0.25, -0.2) is 4.79 Å². The largest absolute Gasteiger partial charge is 0.497 e. The Bertz CT molecular complexity index is 710. The van der Waals surface area contributed by atoms with Crippen LogP contribution in [0.4, 0.5) is 0 Å². The quantitative estimate of drug-likeness (QED) is 0.919. The molecule has 1 atom stereocenters. The molecule has 0 saturated carbocycles.